The lowest BCUT2D eigenvalue weighted by molar-refractivity contribution is 1.26. The Morgan fingerprint density at radius 1 is 1.29 bits per heavy atom. The third kappa shape index (κ3) is 1.57. The average Bonchev–Trinajstić information content (AvgIpc) is 2.23. The lowest BCUT2D eigenvalue weighted by Gasteiger charge is -2.04. The van der Waals surface area contributed by atoms with Gasteiger partial charge >= 0.3 is 0 Å². The van der Waals surface area contributed by atoms with Crippen LogP contribution in [0.5, 0.6) is 0 Å². The Bertz CT molecular complexity index is 438. The molecule has 2 N–H and O–H groups in total. The zero-order valence-electron chi connectivity index (χ0n) is 7.94. The van der Waals surface area contributed by atoms with Crippen molar-refractivity contribution in [2.24, 2.45) is 0 Å². The molecule has 0 atom stereocenters. The number of hydrogen-bond acceptors (Lipinski definition) is 3. The standard InChI is InChI=1S/C11H11N3/c1-8-5-10(11(12)14-6-8)9-3-2-4-13-7-9/h2-7H,1H3,(H2,12,14). The monoisotopic (exact) mass is 185 g/mol. The third-order valence-electron chi connectivity index (χ3n) is 2.03. The van der Waals surface area contributed by atoms with E-state index in [1.807, 2.05) is 25.1 Å². The zero-order valence-corrected chi connectivity index (χ0v) is 7.94. The number of hydrogen-bond donors (Lipinski definition) is 1. The highest BCUT2D eigenvalue weighted by Crippen LogP contribution is 2.23. The molecule has 0 fully saturated rings. The van der Waals surface area contributed by atoms with Crippen molar-refractivity contribution in [1.82, 2.24) is 9.97 Å². The fourth-order valence-corrected chi connectivity index (χ4v) is 1.33. The van der Waals surface area contributed by atoms with Crippen LogP contribution in [0.25, 0.3) is 11.1 Å². The maximum Gasteiger partial charge on any atom is 0.131 e. The van der Waals surface area contributed by atoms with Crippen LogP contribution in [-0.2, 0) is 0 Å². The molecule has 2 aromatic rings. The average molecular weight is 185 g/mol. The molecule has 0 spiro atoms. The Morgan fingerprint density at radius 3 is 2.86 bits per heavy atom. The number of pyridine rings is 2. The van der Waals surface area contributed by atoms with Gasteiger partial charge in [0.25, 0.3) is 0 Å². The van der Waals surface area contributed by atoms with Crippen LogP contribution in [0.3, 0.4) is 0 Å². The number of nitrogen functional groups attached to an aromatic ring is 1. The second kappa shape index (κ2) is 3.46. The van der Waals surface area contributed by atoms with Crippen LogP contribution < -0.4 is 5.73 Å². The first-order valence-corrected chi connectivity index (χ1v) is 4.40. The molecule has 2 heterocycles. The van der Waals surface area contributed by atoms with E-state index in [4.69, 9.17) is 5.73 Å². The first-order valence-electron chi connectivity index (χ1n) is 4.40. The van der Waals surface area contributed by atoms with Crippen LogP contribution in [0.2, 0.25) is 0 Å². The number of anilines is 1. The molecule has 0 aliphatic heterocycles. The van der Waals surface area contributed by atoms with E-state index in [2.05, 4.69) is 9.97 Å². The van der Waals surface area contributed by atoms with E-state index in [0.29, 0.717) is 5.82 Å². The van der Waals surface area contributed by atoms with Gasteiger partial charge in [0, 0.05) is 29.7 Å². The molecule has 0 saturated carbocycles. The SMILES string of the molecule is Cc1cnc(N)c(-c2cccnc2)c1. The van der Waals surface area contributed by atoms with E-state index >= 15 is 0 Å². The molecule has 0 radical (unpaired) electrons. The molecule has 2 aromatic heterocycles. The summed E-state index contributed by atoms with van der Waals surface area (Å²) in [5, 5.41) is 0. The van der Waals surface area contributed by atoms with Crippen molar-refractivity contribution in [2.45, 2.75) is 6.92 Å². The quantitative estimate of drug-likeness (QED) is 0.739. The van der Waals surface area contributed by atoms with Crippen molar-refractivity contribution >= 4 is 5.82 Å². The maximum absolute atomic E-state index is 5.78. The largest absolute Gasteiger partial charge is 0.383 e. The summed E-state index contributed by atoms with van der Waals surface area (Å²) in [5.74, 6) is 0.545. The van der Waals surface area contributed by atoms with Crippen LogP contribution in [0.4, 0.5) is 5.82 Å². The first kappa shape index (κ1) is 8.69. The highest BCUT2D eigenvalue weighted by atomic mass is 14.8. The Labute approximate surface area is 82.6 Å². The number of rotatable bonds is 1. The highest BCUT2D eigenvalue weighted by Gasteiger charge is 2.03. The fraction of sp³-hybridized carbons (Fsp3) is 0.0909. The van der Waals surface area contributed by atoms with E-state index < -0.39 is 0 Å². The highest BCUT2D eigenvalue weighted by molar-refractivity contribution is 5.73. The molecule has 70 valence electrons. The van der Waals surface area contributed by atoms with Gasteiger partial charge in [-0.05, 0) is 24.6 Å². The summed E-state index contributed by atoms with van der Waals surface area (Å²) in [5.41, 5.74) is 8.82. The number of nitrogens with two attached hydrogens (primary N) is 1. The molecule has 3 heteroatoms. The van der Waals surface area contributed by atoms with Gasteiger partial charge in [-0.2, -0.15) is 0 Å². The van der Waals surface area contributed by atoms with Crippen LogP contribution in [0.15, 0.2) is 36.8 Å². The Kier molecular flexibility index (Phi) is 2.14. The Balaban J connectivity index is 2.57. The third-order valence-corrected chi connectivity index (χ3v) is 2.03. The van der Waals surface area contributed by atoms with E-state index in [0.717, 1.165) is 16.7 Å². The van der Waals surface area contributed by atoms with Gasteiger partial charge in [-0.25, -0.2) is 4.98 Å². The molecule has 14 heavy (non-hydrogen) atoms. The molecular formula is C11H11N3. The molecule has 0 unspecified atom stereocenters. The van der Waals surface area contributed by atoms with Crippen molar-refractivity contribution in [3.8, 4) is 11.1 Å². The molecular weight excluding hydrogens is 174 g/mol. The van der Waals surface area contributed by atoms with Gasteiger partial charge in [-0.15, -0.1) is 0 Å². The Morgan fingerprint density at radius 2 is 2.14 bits per heavy atom. The minimum atomic E-state index is 0.545. The number of nitrogens with zero attached hydrogens (tertiary/aromatic N) is 2. The van der Waals surface area contributed by atoms with Gasteiger partial charge in [0.05, 0.1) is 0 Å². The second-order valence-corrected chi connectivity index (χ2v) is 3.19. The van der Waals surface area contributed by atoms with E-state index in [1.165, 1.54) is 0 Å². The van der Waals surface area contributed by atoms with Gasteiger partial charge < -0.3 is 5.73 Å². The minimum absolute atomic E-state index is 0.545. The fourth-order valence-electron chi connectivity index (χ4n) is 1.33. The summed E-state index contributed by atoms with van der Waals surface area (Å²) >= 11 is 0. The maximum atomic E-state index is 5.78. The minimum Gasteiger partial charge on any atom is -0.383 e. The van der Waals surface area contributed by atoms with Crippen molar-refractivity contribution in [1.29, 1.82) is 0 Å². The van der Waals surface area contributed by atoms with Crippen LogP contribution >= 0.6 is 0 Å². The zero-order chi connectivity index (χ0) is 9.97. The predicted molar refractivity (Wildman–Crippen MR) is 56.6 cm³/mol. The van der Waals surface area contributed by atoms with E-state index in [-0.39, 0.29) is 0 Å². The summed E-state index contributed by atoms with van der Waals surface area (Å²) in [4.78, 5) is 8.15. The van der Waals surface area contributed by atoms with Crippen LogP contribution in [-0.4, -0.2) is 9.97 Å². The normalized spacial score (nSPS) is 10.1. The molecule has 0 aliphatic rings. The molecule has 0 bridgehead atoms. The molecule has 0 aliphatic carbocycles. The summed E-state index contributed by atoms with van der Waals surface area (Å²) in [6.45, 7) is 1.99. The lowest BCUT2D eigenvalue weighted by atomic mass is 10.1. The molecule has 2 rings (SSSR count). The summed E-state index contributed by atoms with van der Waals surface area (Å²) in [7, 11) is 0. The smallest absolute Gasteiger partial charge is 0.131 e. The predicted octanol–water partition coefficient (Wildman–Crippen LogP) is 2.03. The summed E-state index contributed by atoms with van der Waals surface area (Å²) in [6, 6.07) is 5.87. The van der Waals surface area contributed by atoms with Gasteiger partial charge in [0.2, 0.25) is 0 Å². The molecule has 0 saturated heterocycles. The Hall–Kier alpha value is -1.90. The van der Waals surface area contributed by atoms with Crippen molar-refractivity contribution < 1.29 is 0 Å². The second-order valence-electron chi connectivity index (χ2n) is 3.19. The molecule has 0 aromatic carbocycles. The topological polar surface area (TPSA) is 51.8 Å². The summed E-state index contributed by atoms with van der Waals surface area (Å²) < 4.78 is 0. The van der Waals surface area contributed by atoms with Crippen LogP contribution in [0, 0.1) is 6.92 Å². The van der Waals surface area contributed by atoms with Crippen molar-refractivity contribution in [2.75, 3.05) is 5.73 Å². The van der Waals surface area contributed by atoms with E-state index in [1.54, 1.807) is 18.6 Å². The first-order chi connectivity index (χ1) is 6.77. The van der Waals surface area contributed by atoms with Gasteiger partial charge in [0.15, 0.2) is 0 Å². The van der Waals surface area contributed by atoms with Crippen LogP contribution in [0.1, 0.15) is 5.56 Å². The van der Waals surface area contributed by atoms with E-state index in [9.17, 15) is 0 Å². The van der Waals surface area contributed by atoms with Crippen molar-refractivity contribution in [3.05, 3.63) is 42.4 Å². The molecule has 3 nitrogen and oxygen atoms in total. The number of aryl methyl sites for hydroxylation is 1. The van der Waals surface area contributed by atoms with Gasteiger partial charge in [-0.1, -0.05) is 6.07 Å². The van der Waals surface area contributed by atoms with Gasteiger partial charge in [0.1, 0.15) is 5.82 Å². The molecule has 0 amide bonds. The summed E-state index contributed by atoms with van der Waals surface area (Å²) in [6.07, 6.45) is 5.28. The van der Waals surface area contributed by atoms with Crippen molar-refractivity contribution in [3.63, 3.8) is 0 Å². The number of aromatic nitrogens is 2. The van der Waals surface area contributed by atoms with Gasteiger partial charge in [-0.3, -0.25) is 4.98 Å². The lowest BCUT2D eigenvalue weighted by Crippen LogP contribution is -1.94.